The van der Waals surface area contributed by atoms with E-state index in [9.17, 15) is 15.0 Å². The van der Waals surface area contributed by atoms with Gasteiger partial charge < -0.3 is 26.0 Å². The van der Waals surface area contributed by atoms with E-state index in [1.54, 1.807) is 4.57 Å². The summed E-state index contributed by atoms with van der Waals surface area (Å²) in [5, 5.41) is 30.1. The van der Waals surface area contributed by atoms with Crippen molar-refractivity contribution in [2.24, 2.45) is 0 Å². The number of hydrogen-bond donors (Lipinski definition) is 5. The zero-order valence-corrected chi connectivity index (χ0v) is 19.0. The average molecular weight is 483 g/mol. The first-order chi connectivity index (χ1) is 17.5. The summed E-state index contributed by atoms with van der Waals surface area (Å²) in [6.45, 7) is -0.335. The highest BCUT2D eigenvalue weighted by molar-refractivity contribution is 6.25. The molecule has 0 amide bonds. The fraction of sp³-hybridized carbons (Fsp3) is 0.192. The van der Waals surface area contributed by atoms with Crippen LogP contribution in [0.5, 0.6) is 0 Å². The standard InChI is InChI=1S/C26H22N6O4/c27-25-30-23-22(24(35)31-25)29-26(32(23)19-10-17(34)18(11-33)36-19)28-16-9-7-14-5-4-12-2-1-3-13-6-8-15(16)21(14)20(12)13/h1-9,17-19,33-34H,10-11H2,(H,28,29)(H3,27,30,31,35)/t17-,18+,19+/m0/s1. The molecule has 3 atom stereocenters. The smallest absolute Gasteiger partial charge is 0.280 e. The summed E-state index contributed by atoms with van der Waals surface area (Å²) >= 11 is 0. The van der Waals surface area contributed by atoms with Gasteiger partial charge in [0.05, 0.1) is 12.7 Å². The summed E-state index contributed by atoms with van der Waals surface area (Å²) in [6, 6.07) is 18.7. The number of aromatic nitrogens is 4. The third-order valence-corrected chi connectivity index (χ3v) is 7.02. The highest BCUT2D eigenvalue weighted by atomic mass is 16.5. The molecule has 7 rings (SSSR count). The van der Waals surface area contributed by atoms with E-state index in [1.165, 1.54) is 5.39 Å². The van der Waals surface area contributed by atoms with Crippen molar-refractivity contribution in [3.63, 3.8) is 0 Å². The molecule has 6 aromatic rings. The zero-order chi connectivity index (χ0) is 24.6. The Morgan fingerprint density at radius 2 is 1.78 bits per heavy atom. The Morgan fingerprint density at radius 1 is 1.06 bits per heavy atom. The van der Waals surface area contributed by atoms with E-state index in [0.29, 0.717) is 5.95 Å². The molecule has 2 aromatic heterocycles. The topological polar surface area (TPSA) is 151 Å². The number of ether oxygens (including phenoxy) is 1. The van der Waals surface area contributed by atoms with Crippen LogP contribution in [-0.4, -0.2) is 48.5 Å². The Hall–Kier alpha value is -4.25. The Morgan fingerprint density at radius 3 is 2.53 bits per heavy atom. The largest absolute Gasteiger partial charge is 0.394 e. The highest BCUT2D eigenvalue weighted by Gasteiger charge is 2.37. The average Bonchev–Trinajstić information content (AvgIpc) is 3.42. The summed E-state index contributed by atoms with van der Waals surface area (Å²) in [5.74, 6) is 0.264. The van der Waals surface area contributed by atoms with Gasteiger partial charge in [-0.25, -0.2) is 4.98 Å². The van der Waals surface area contributed by atoms with Gasteiger partial charge in [-0.05, 0) is 33.0 Å². The molecule has 0 radical (unpaired) electrons. The second-order valence-electron chi connectivity index (χ2n) is 9.14. The van der Waals surface area contributed by atoms with Crippen molar-refractivity contribution in [1.82, 2.24) is 19.5 Å². The van der Waals surface area contributed by atoms with Crippen LogP contribution in [0.2, 0.25) is 0 Å². The van der Waals surface area contributed by atoms with E-state index < -0.39 is 24.0 Å². The van der Waals surface area contributed by atoms with Crippen LogP contribution in [0.4, 0.5) is 17.6 Å². The third kappa shape index (κ3) is 2.99. The zero-order valence-electron chi connectivity index (χ0n) is 19.0. The molecular weight excluding hydrogens is 460 g/mol. The van der Waals surface area contributed by atoms with E-state index in [0.717, 1.165) is 32.6 Å². The van der Waals surface area contributed by atoms with Crippen molar-refractivity contribution in [1.29, 1.82) is 0 Å². The molecule has 1 saturated heterocycles. The van der Waals surface area contributed by atoms with E-state index in [-0.39, 0.29) is 30.1 Å². The van der Waals surface area contributed by atoms with Crippen molar-refractivity contribution >= 4 is 61.1 Å². The lowest BCUT2D eigenvalue weighted by atomic mass is 9.93. The van der Waals surface area contributed by atoms with Crippen molar-refractivity contribution in [3.8, 4) is 0 Å². The lowest BCUT2D eigenvalue weighted by molar-refractivity contribution is -0.0425. The van der Waals surface area contributed by atoms with E-state index in [1.807, 2.05) is 12.1 Å². The number of aromatic amines is 1. The first-order valence-electron chi connectivity index (χ1n) is 11.7. The van der Waals surface area contributed by atoms with Gasteiger partial charge in [-0.1, -0.05) is 48.5 Å². The molecule has 0 aliphatic carbocycles. The molecule has 0 bridgehead atoms. The molecule has 10 nitrogen and oxygen atoms in total. The number of fused-ring (bicyclic) bond motifs is 1. The van der Waals surface area contributed by atoms with Gasteiger partial charge in [0.15, 0.2) is 11.2 Å². The Balaban J connectivity index is 1.44. The van der Waals surface area contributed by atoms with Crippen molar-refractivity contribution in [3.05, 3.63) is 65.0 Å². The van der Waals surface area contributed by atoms with Gasteiger partial charge in [0.2, 0.25) is 11.9 Å². The number of H-pyrrole nitrogens is 1. The van der Waals surface area contributed by atoms with E-state index >= 15 is 0 Å². The second kappa shape index (κ2) is 7.62. The van der Waals surface area contributed by atoms with Crippen LogP contribution in [0.15, 0.2) is 59.4 Å². The Bertz CT molecular complexity index is 1830. The summed E-state index contributed by atoms with van der Waals surface area (Å²) in [7, 11) is 0. The molecule has 36 heavy (non-hydrogen) atoms. The monoisotopic (exact) mass is 482 g/mol. The van der Waals surface area contributed by atoms with Crippen LogP contribution in [0, 0.1) is 0 Å². The van der Waals surface area contributed by atoms with Gasteiger partial charge in [0.25, 0.3) is 5.56 Å². The van der Waals surface area contributed by atoms with Crippen LogP contribution >= 0.6 is 0 Å². The fourth-order valence-corrected chi connectivity index (χ4v) is 5.36. The minimum Gasteiger partial charge on any atom is -0.394 e. The van der Waals surface area contributed by atoms with Gasteiger partial charge in [-0.3, -0.25) is 14.3 Å². The van der Waals surface area contributed by atoms with Crippen LogP contribution < -0.4 is 16.6 Å². The molecule has 4 aromatic carbocycles. The number of benzene rings is 4. The predicted molar refractivity (Wildman–Crippen MR) is 138 cm³/mol. The predicted octanol–water partition coefficient (Wildman–Crippen LogP) is 2.98. The van der Waals surface area contributed by atoms with Gasteiger partial charge in [-0.2, -0.15) is 4.98 Å². The van der Waals surface area contributed by atoms with Gasteiger partial charge in [-0.15, -0.1) is 0 Å². The lowest BCUT2D eigenvalue weighted by Crippen LogP contribution is -2.24. The number of imidazole rings is 1. The first kappa shape index (κ1) is 21.1. The van der Waals surface area contributed by atoms with Crippen LogP contribution in [-0.2, 0) is 4.74 Å². The number of nitrogens with two attached hydrogens (primary N) is 1. The number of anilines is 3. The third-order valence-electron chi connectivity index (χ3n) is 7.02. The lowest BCUT2D eigenvalue weighted by Gasteiger charge is -2.19. The minimum atomic E-state index is -0.876. The maximum Gasteiger partial charge on any atom is 0.280 e. The summed E-state index contributed by atoms with van der Waals surface area (Å²) in [5.41, 5.74) is 6.47. The maximum atomic E-state index is 12.6. The summed E-state index contributed by atoms with van der Waals surface area (Å²) in [6.07, 6.45) is -2.15. The van der Waals surface area contributed by atoms with E-state index in [2.05, 4.69) is 62.7 Å². The van der Waals surface area contributed by atoms with Crippen molar-refractivity contribution in [2.75, 3.05) is 17.7 Å². The van der Waals surface area contributed by atoms with E-state index in [4.69, 9.17) is 10.5 Å². The Labute approximate surface area is 203 Å². The molecule has 10 heteroatoms. The second-order valence-corrected chi connectivity index (χ2v) is 9.14. The van der Waals surface area contributed by atoms with Crippen LogP contribution in [0.1, 0.15) is 12.6 Å². The molecule has 0 spiro atoms. The molecule has 6 N–H and O–H groups in total. The molecule has 1 fully saturated rings. The number of nitrogens with one attached hydrogen (secondary N) is 2. The SMILES string of the molecule is Nc1nc2c(nc(Nc3ccc4ccc5cccc6ccc3c4c56)n2[C@H]2C[C@H](O)[C@@H](CO)O2)c(=O)[nH]1. The molecule has 1 aliphatic heterocycles. The maximum absolute atomic E-state index is 12.6. The van der Waals surface area contributed by atoms with Crippen LogP contribution in [0.3, 0.4) is 0 Å². The number of hydrogen-bond acceptors (Lipinski definition) is 8. The molecule has 0 saturated carbocycles. The fourth-order valence-electron chi connectivity index (χ4n) is 5.36. The highest BCUT2D eigenvalue weighted by Crippen LogP contribution is 2.40. The molecule has 1 aliphatic rings. The Kier molecular flexibility index (Phi) is 4.46. The summed E-state index contributed by atoms with van der Waals surface area (Å²) in [4.78, 5) is 24.0. The number of aliphatic hydroxyl groups is 2. The minimum absolute atomic E-state index is 0.0554. The van der Waals surface area contributed by atoms with Crippen molar-refractivity contribution < 1.29 is 14.9 Å². The number of aliphatic hydroxyl groups excluding tert-OH is 2. The quantitative estimate of drug-likeness (QED) is 0.241. The van der Waals surface area contributed by atoms with Crippen molar-refractivity contribution in [2.45, 2.75) is 24.9 Å². The first-order valence-corrected chi connectivity index (χ1v) is 11.7. The molecule has 0 unspecified atom stereocenters. The number of nitrogen functional groups attached to an aromatic ring is 1. The number of nitrogens with zero attached hydrogens (tertiary/aromatic N) is 3. The summed E-state index contributed by atoms with van der Waals surface area (Å²) < 4.78 is 7.53. The van der Waals surface area contributed by atoms with Gasteiger partial charge in [0, 0.05) is 17.5 Å². The number of rotatable bonds is 4. The van der Waals surface area contributed by atoms with Gasteiger partial charge in [0.1, 0.15) is 12.3 Å². The van der Waals surface area contributed by atoms with Gasteiger partial charge >= 0.3 is 0 Å². The normalized spacial score (nSPS) is 20.3. The molecule has 180 valence electrons. The van der Waals surface area contributed by atoms with Crippen LogP contribution in [0.25, 0.3) is 43.5 Å². The molecule has 3 heterocycles. The molecular formula is C26H22N6O4.